The maximum atomic E-state index is 11.3. The number of carbonyl (C=O) groups is 1. The highest BCUT2D eigenvalue weighted by atomic mass is 32.2. The zero-order valence-corrected chi connectivity index (χ0v) is 9.51. The molecule has 0 bridgehead atoms. The van der Waals surface area contributed by atoms with Crippen molar-refractivity contribution >= 4 is 17.7 Å². The highest BCUT2D eigenvalue weighted by Gasteiger charge is 2.03. The van der Waals surface area contributed by atoms with Gasteiger partial charge in [-0.25, -0.2) is 0 Å². The topological polar surface area (TPSA) is 83.6 Å². The highest BCUT2D eigenvalue weighted by Crippen LogP contribution is 2.03. The van der Waals surface area contributed by atoms with E-state index in [-0.39, 0.29) is 5.91 Å². The van der Waals surface area contributed by atoms with E-state index >= 15 is 0 Å². The van der Waals surface area contributed by atoms with E-state index in [2.05, 4.69) is 32.9 Å². The van der Waals surface area contributed by atoms with E-state index in [1.54, 1.807) is 11.8 Å². The lowest BCUT2D eigenvalue weighted by molar-refractivity contribution is -0.118. The van der Waals surface area contributed by atoms with Crippen molar-refractivity contribution in [3.63, 3.8) is 0 Å². The van der Waals surface area contributed by atoms with Crippen LogP contribution in [0.25, 0.3) is 0 Å². The van der Waals surface area contributed by atoms with Crippen LogP contribution in [-0.4, -0.2) is 38.0 Å². The Balaban J connectivity index is 2.04. The molecule has 1 aromatic rings. The van der Waals surface area contributed by atoms with Crippen LogP contribution in [0.15, 0.2) is 0 Å². The summed E-state index contributed by atoms with van der Waals surface area (Å²) in [5.74, 6) is 2.05. The zero-order chi connectivity index (χ0) is 10.9. The molecule has 2 N–H and O–H groups in total. The number of aromatic amines is 1. The van der Waals surface area contributed by atoms with E-state index in [9.17, 15) is 4.79 Å². The molecule has 1 heterocycles. The molecule has 0 aromatic carbocycles. The Labute approximate surface area is 92.6 Å². The van der Waals surface area contributed by atoms with E-state index in [4.69, 9.17) is 0 Å². The van der Waals surface area contributed by atoms with Crippen LogP contribution < -0.4 is 5.32 Å². The maximum absolute atomic E-state index is 11.3. The average Bonchev–Trinajstić information content (AvgIpc) is 2.74. The van der Waals surface area contributed by atoms with Crippen LogP contribution in [0.4, 0.5) is 0 Å². The minimum atomic E-state index is 0.0147. The van der Waals surface area contributed by atoms with Crippen molar-refractivity contribution < 1.29 is 4.79 Å². The summed E-state index contributed by atoms with van der Waals surface area (Å²) in [5, 5.41) is 15.9. The van der Waals surface area contributed by atoms with Crippen molar-refractivity contribution in [3.05, 3.63) is 5.82 Å². The van der Waals surface area contributed by atoms with E-state index in [0.29, 0.717) is 18.1 Å². The molecule has 0 radical (unpaired) electrons. The lowest BCUT2D eigenvalue weighted by Crippen LogP contribution is -2.25. The monoisotopic (exact) mass is 229 g/mol. The van der Waals surface area contributed by atoms with Crippen molar-refractivity contribution in [1.82, 2.24) is 25.9 Å². The third-order valence-corrected chi connectivity index (χ3v) is 2.75. The first-order valence-corrected chi connectivity index (χ1v) is 6.05. The zero-order valence-electron chi connectivity index (χ0n) is 8.69. The average molecular weight is 229 g/mol. The predicted molar refractivity (Wildman–Crippen MR) is 58.3 cm³/mol. The first-order valence-electron chi connectivity index (χ1n) is 4.89. The van der Waals surface area contributed by atoms with E-state index in [1.165, 1.54) is 0 Å². The number of thioether (sulfide) groups is 1. The summed E-state index contributed by atoms with van der Waals surface area (Å²) in [6, 6.07) is 0. The Morgan fingerprint density at radius 3 is 3.13 bits per heavy atom. The van der Waals surface area contributed by atoms with Crippen LogP contribution in [0, 0.1) is 0 Å². The molecule has 1 rings (SSSR count). The lowest BCUT2D eigenvalue weighted by atomic mass is 10.4. The molecule has 0 saturated heterocycles. The number of nitrogens with zero attached hydrogens (tertiary/aromatic N) is 3. The van der Waals surface area contributed by atoms with Crippen molar-refractivity contribution in [2.75, 3.05) is 11.5 Å². The van der Waals surface area contributed by atoms with Gasteiger partial charge in [0.2, 0.25) is 5.91 Å². The van der Waals surface area contributed by atoms with Crippen LogP contribution in [0.1, 0.15) is 25.6 Å². The van der Waals surface area contributed by atoms with Gasteiger partial charge in [-0.1, -0.05) is 18.6 Å². The molecule has 1 amide bonds. The van der Waals surface area contributed by atoms with Crippen LogP contribution in [-0.2, 0) is 11.3 Å². The number of rotatable bonds is 7. The van der Waals surface area contributed by atoms with Gasteiger partial charge in [-0.05, 0) is 12.2 Å². The molecule has 0 spiro atoms. The van der Waals surface area contributed by atoms with Gasteiger partial charge in [-0.2, -0.15) is 17.0 Å². The first-order chi connectivity index (χ1) is 7.33. The second-order valence-electron chi connectivity index (χ2n) is 3.01. The van der Waals surface area contributed by atoms with Crippen molar-refractivity contribution in [3.8, 4) is 0 Å². The van der Waals surface area contributed by atoms with E-state index in [0.717, 1.165) is 18.6 Å². The van der Waals surface area contributed by atoms with E-state index in [1.807, 2.05) is 0 Å². The molecule has 0 saturated carbocycles. The number of hydrogen-bond donors (Lipinski definition) is 2. The van der Waals surface area contributed by atoms with Crippen LogP contribution in [0.3, 0.4) is 0 Å². The fourth-order valence-electron chi connectivity index (χ4n) is 0.897. The molecular formula is C8H15N5OS. The molecule has 0 aliphatic rings. The van der Waals surface area contributed by atoms with Crippen molar-refractivity contribution in [2.45, 2.75) is 26.3 Å². The van der Waals surface area contributed by atoms with Gasteiger partial charge in [-0.15, -0.1) is 10.2 Å². The number of tetrazole rings is 1. The quantitative estimate of drug-likeness (QED) is 0.659. The Hall–Kier alpha value is -1.11. The highest BCUT2D eigenvalue weighted by molar-refractivity contribution is 7.99. The number of aromatic nitrogens is 4. The molecule has 84 valence electrons. The normalized spacial score (nSPS) is 10.2. The maximum Gasteiger partial charge on any atom is 0.230 e. The summed E-state index contributed by atoms with van der Waals surface area (Å²) in [7, 11) is 0. The Bertz CT molecular complexity index is 277. The summed E-state index contributed by atoms with van der Waals surface area (Å²) in [6.07, 6.45) is 2.32. The third-order valence-electron chi connectivity index (χ3n) is 1.71. The van der Waals surface area contributed by atoms with Crippen LogP contribution >= 0.6 is 11.8 Å². The molecule has 6 nitrogen and oxygen atoms in total. The van der Waals surface area contributed by atoms with Crippen LogP contribution in [0.5, 0.6) is 0 Å². The molecule has 0 unspecified atom stereocenters. The molecule has 0 atom stereocenters. The number of amides is 1. The fraction of sp³-hybridized carbons (Fsp3) is 0.750. The first kappa shape index (κ1) is 12.0. The summed E-state index contributed by atoms with van der Waals surface area (Å²) >= 11 is 1.65. The van der Waals surface area contributed by atoms with Crippen molar-refractivity contribution in [1.29, 1.82) is 0 Å². The molecule has 15 heavy (non-hydrogen) atoms. The van der Waals surface area contributed by atoms with Gasteiger partial charge < -0.3 is 5.32 Å². The second-order valence-corrected chi connectivity index (χ2v) is 4.12. The molecule has 0 aliphatic carbocycles. The second kappa shape index (κ2) is 7.22. The predicted octanol–water partition coefficient (Wildman–Crippen LogP) is 0.349. The van der Waals surface area contributed by atoms with Gasteiger partial charge in [0.15, 0.2) is 5.82 Å². The van der Waals surface area contributed by atoms with Gasteiger partial charge in [-0.3, -0.25) is 4.79 Å². The molecule has 1 aromatic heterocycles. The Kier molecular flexibility index (Phi) is 5.76. The lowest BCUT2D eigenvalue weighted by Gasteiger charge is -2.01. The standard InChI is InChI=1S/C8H15N5OS/c1-2-3-4-15-6-8(14)9-5-7-10-12-13-11-7/h2-6H2,1H3,(H,9,14)(H,10,11,12,13). The number of nitrogens with one attached hydrogen (secondary N) is 2. The third kappa shape index (κ3) is 5.36. The van der Waals surface area contributed by atoms with Gasteiger partial charge in [0.25, 0.3) is 0 Å². The number of H-pyrrole nitrogens is 1. The van der Waals surface area contributed by atoms with Crippen molar-refractivity contribution in [2.24, 2.45) is 0 Å². The SMILES string of the molecule is CCCCSCC(=O)NCc1nn[nH]n1. The largest absolute Gasteiger partial charge is 0.348 e. The molecule has 7 heteroatoms. The van der Waals surface area contributed by atoms with E-state index < -0.39 is 0 Å². The van der Waals surface area contributed by atoms with Crippen LogP contribution in [0.2, 0.25) is 0 Å². The Morgan fingerprint density at radius 2 is 2.47 bits per heavy atom. The summed E-state index contributed by atoms with van der Waals surface area (Å²) < 4.78 is 0. The van der Waals surface area contributed by atoms with Gasteiger partial charge in [0, 0.05) is 0 Å². The number of unbranched alkanes of at least 4 members (excludes halogenated alkanes) is 1. The van der Waals surface area contributed by atoms with Gasteiger partial charge in [0.1, 0.15) is 0 Å². The minimum absolute atomic E-state index is 0.0147. The smallest absolute Gasteiger partial charge is 0.230 e. The number of hydrogen-bond acceptors (Lipinski definition) is 5. The Morgan fingerprint density at radius 1 is 1.60 bits per heavy atom. The van der Waals surface area contributed by atoms with Gasteiger partial charge in [0.05, 0.1) is 12.3 Å². The number of carbonyl (C=O) groups excluding carboxylic acids is 1. The molecule has 0 fully saturated rings. The van der Waals surface area contributed by atoms with Gasteiger partial charge >= 0.3 is 0 Å². The molecule has 0 aliphatic heterocycles. The summed E-state index contributed by atoms with van der Waals surface area (Å²) in [4.78, 5) is 11.3. The molecular weight excluding hydrogens is 214 g/mol. The fourth-order valence-corrected chi connectivity index (χ4v) is 1.82. The summed E-state index contributed by atoms with van der Waals surface area (Å²) in [5.41, 5.74) is 0. The summed E-state index contributed by atoms with van der Waals surface area (Å²) in [6.45, 7) is 2.47. The minimum Gasteiger partial charge on any atom is -0.348 e.